The third-order valence-electron chi connectivity index (χ3n) is 5.79. The van der Waals surface area contributed by atoms with Crippen molar-refractivity contribution >= 4 is 17.4 Å². The molecule has 148 valence electrons. The number of aromatic nitrogens is 2. The molecule has 0 aliphatic heterocycles. The molecule has 4 rings (SSSR count). The molecule has 28 heavy (non-hydrogen) atoms. The van der Waals surface area contributed by atoms with Crippen molar-refractivity contribution in [1.82, 2.24) is 9.97 Å². The van der Waals surface area contributed by atoms with E-state index in [1.165, 1.54) is 51.3 Å². The van der Waals surface area contributed by atoms with Crippen LogP contribution in [0.25, 0.3) is 0 Å². The van der Waals surface area contributed by atoms with E-state index in [1.54, 1.807) is 0 Å². The van der Waals surface area contributed by atoms with Crippen LogP contribution in [0.5, 0.6) is 0 Å². The van der Waals surface area contributed by atoms with Crippen LogP contribution in [0.3, 0.4) is 0 Å². The summed E-state index contributed by atoms with van der Waals surface area (Å²) in [7, 11) is 0. The fourth-order valence-corrected chi connectivity index (χ4v) is 3.95. The third-order valence-corrected chi connectivity index (χ3v) is 5.79. The highest BCUT2D eigenvalue weighted by atomic mass is 16.1. The lowest BCUT2D eigenvalue weighted by molar-refractivity contribution is 0.102. The number of hydrogen-bond acceptors (Lipinski definition) is 5. The number of amides is 1. The van der Waals surface area contributed by atoms with Gasteiger partial charge in [-0.15, -0.1) is 0 Å². The first-order valence-electron chi connectivity index (χ1n) is 10.4. The predicted molar refractivity (Wildman–Crippen MR) is 111 cm³/mol. The van der Waals surface area contributed by atoms with Gasteiger partial charge in [-0.1, -0.05) is 31.4 Å². The Morgan fingerprint density at radius 1 is 1.07 bits per heavy atom. The van der Waals surface area contributed by atoms with Crippen LogP contribution in [0.4, 0.5) is 11.5 Å². The Balaban J connectivity index is 1.50. The average molecular weight is 380 g/mol. The summed E-state index contributed by atoms with van der Waals surface area (Å²) in [5.41, 5.74) is 7.81. The van der Waals surface area contributed by atoms with E-state index in [-0.39, 0.29) is 5.91 Å². The van der Waals surface area contributed by atoms with Crippen molar-refractivity contribution in [2.45, 2.75) is 57.5 Å². The highest BCUT2D eigenvalue weighted by molar-refractivity contribution is 6.03. The molecule has 0 saturated heterocycles. The Labute approximate surface area is 166 Å². The zero-order chi connectivity index (χ0) is 19.3. The van der Waals surface area contributed by atoms with E-state index in [2.05, 4.69) is 20.2 Å². The minimum Gasteiger partial charge on any atom is -0.353 e. The quantitative estimate of drug-likeness (QED) is 0.766. The fraction of sp³-hybridized carbons (Fsp3) is 0.500. The molecule has 1 heterocycles. The average Bonchev–Trinajstić information content (AvgIpc) is 3.57. The van der Waals surface area contributed by atoms with E-state index in [0.29, 0.717) is 18.3 Å². The lowest BCUT2D eigenvalue weighted by atomic mass is 9.94. The van der Waals surface area contributed by atoms with Gasteiger partial charge in [0.1, 0.15) is 17.8 Å². The number of benzene rings is 1. The summed E-state index contributed by atoms with van der Waals surface area (Å²) in [4.78, 5) is 23.9. The first kappa shape index (κ1) is 18.9. The molecule has 1 amide bonds. The van der Waals surface area contributed by atoms with Gasteiger partial charge < -0.3 is 16.0 Å². The van der Waals surface area contributed by atoms with Crippen LogP contribution in [0.1, 0.15) is 61.0 Å². The molecule has 2 saturated carbocycles. The lowest BCUT2D eigenvalue weighted by Gasteiger charge is -2.35. The topological polar surface area (TPSA) is 84.1 Å². The van der Waals surface area contributed by atoms with Gasteiger partial charge in [0.2, 0.25) is 0 Å². The van der Waals surface area contributed by atoms with Gasteiger partial charge in [-0.25, -0.2) is 9.97 Å². The van der Waals surface area contributed by atoms with E-state index in [1.807, 2.05) is 30.3 Å². The smallest absolute Gasteiger partial charge is 0.274 e. The summed E-state index contributed by atoms with van der Waals surface area (Å²) in [5, 5.41) is 2.92. The van der Waals surface area contributed by atoms with Crippen molar-refractivity contribution in [2.24, 2.45) is 11.7 Å². The van der Waals surface area contributed by atoms with Crippen LogP contribution in [0, 0.1) is 5.92 Å². The molecule has 0 atom stereocenters. The van der Waals surface area contributed by atoms with Crippen LogP contribution >= 0.6 is 0 Å². The Hall–Kier alpha value is -2.47. The second kappa shape index (κ2) is 8.69. The second-order valence-corrected chi connectivity index (χ2v) is 8.00. The van der Waals surface area contributed by atoms with E-state index in [9.17, 15) is 4.79 Å². The largest absolute Gasteiger partial charge is 0.353 e. The molecule has 3 N–H and O–H groups in total. The molecular weight excluding hydrogens is 350 g/mol. The number of anilines is 2. The zero-order valence-electron chi connectivity index (χ0n) is 16.3. The summed E-state index contributed by atoms with van der Waals surface area (Å²) < 4.78 is 0. The first-order chi connectivity index (χ1) is 13.7. The zero-order valence-corrected chi connectivity index (χ0v) is 16.3. The summed E-state index contributed by atoms with van der Waals surface area (Å²) in [6.45, 7) is 1.53. The van der Waals surface area contributed by atoms with Crippen molar-refractivity contribution in [2.75, 3.05) is 16.8 Å². The Kier molecular flexibility index (Phi) is 5.86. The molecule has 1 aromatic heterocycles. The van der Waals surface area contributed by atoms with Crippen LogP contribution < -0.4 is 16.0 Å². The van der Waals surface area contributed by atoms with Crippen LogP contribution in [0.2, 0.25) is 0 Å². The number of carbonyl (C=O) groups excluding carboxylic acids is 1. The van der Waals surface area contributed by atoms with Gasteiger partial charge in [-0.2, -0.15) is 0 Å². The van der Waals surface area contributed by atoms with Gasteiger partial charge in [-0.05, 0) is 49.3 Å². The molecule has 0 spiro atoms. The van der Waals surface area contributed by atoms with E-state index in [0.717, 1.165) is 29.5 Å². The van der Waals surface area contributed by atoms with Crippen molar-refractivity contribution < 1.29 is 4.79 Å². The summed E-state index contributed by atoms with van der Waals surface area (Å²) in [6.07, 6.45) is 10.4. The number of carbonyl (C=O) groups is 1. The van der Waals surface area contributed by atoms with Gasteiger partial charge in [-0.3, -0.25) is 4.79 Å². The maximum atomic E-state index is 12.7. The van der Waals surface area contributed by atoms with Gasteiger partial charge in [0.05, 0.1) is 0 Å². The molecule has 2 aliphatic carbocycles. The number of nitrogens with zero attached hydrogens (tertiary/aromatic N) is 3. The third kappa shape index (κ3) is 4.68. The molecule has 6 heteroatoms. The van der Waals surface area contributed by atoms with Crippen molar-refractivity contribution in [3.63, 3.8) is 0 Å². The van der Waals surface area contributed by atoms with E-state index < -0.39 is 0 Å². The molecule has 6 nitrogen and oxygen atoms in total. The molecule has 2 fully saturated rings. The monoisotopic (exact) mass is 379 g/mol. The molecule has 0 bridgehead atoms. The fourth-order valence-electron chi connectivity index (χ4n) is 3.95. The van der Waals surface area contributed by atoms with Crippen molar-refractivity contribution in [1.29, 1.82) is 0 Å². The Morgan fingerprint density at radius 3 is 2.50 bits per heavy atom. The molecule has 1 aromatic carbocycles. The van der Waals surface area contributed by atoms with Crippen LogP contribution in [0.15, 0.2) is 36.7 Å². The minimum atomic E-state index is -0.209. The lowest BCUT2D eigenvalue weighted by Crippen LogP contribution is -2.39. The highest BCUT2D eigenvalue weighted by Crippen LogP contribution is 2.34. The van der Waals surface area contributed by atoms with Gasteiger partial charge in [0, 0.05) is 30.9 Å². The maximum absolute atomic E-state index is 12.7. The highest BCUT2D eigenvalue weighted by Gasteiger charge is 2.30. The van der Waals surface area contributed by atoms with Crippen LogP contribution in [-0.4, -0.2) is 28.5 Å². The normalized spacial score (nSPS) is 17.3. The molecule has 2 aromatic rings. The summed E-state index contributed by atoms with van der Waals surface area (Å²) >= 11 is 0. The van der Waals surface area contributed by atoms with Gasteiger partial charge in [0.25, 0.3) is 5.91 Å². The number of rotatable bonds is 7. The van der Waals surface area contributed by atoms with Gasteiger partial charge in [0.15, 0.2) is 0 Å². The Morgan fingerprint density at radius 2 is 1.82 bits per heavy atom. The van der Waals surface area contributed by atoms with Crippen molar-refractivity contribution in [3.05, 3.63) is 47.9 Å². The second-order valence-electron chi connectivity index (χ2n) is 8.00. The molecule has 0 unspecified atom stereocenters. The SMILES string of the molecule is NCc1ccc(NC(=O)c2cc(N(CC3CC3)C3CCCCC3)ncn2)cc1. The number of nitrogens with two attached hydrogens (primary N) is 1. The summed E-state index contributed by atoms with van der Waals surface area (Å²) in [5.74, 6) is 1.45. The van der Waals surface area contributed by atoms with E-state index >= 15 is 0 Å². The molecular formula is C22H29N5O. The molecule has 2 aliphatic rings. The first-order valence-corrected chi connectivity index (χ1v) is 10.4. The summed E-state index contributed by atoms with van der Waals surface area (Å²) in [6, 6.07) is 9.94. The van der Waals surface area contributed by atoms with Crippen molar-refractivity contribution in [3.8, 4) is 0 Å². The number of nitrogens with one attached hydrogen (secondary N) is 1. The minimum absolute atomic E-state index is 0.209. The maximum Gasteiger partial charge on any atom is 0.274 e. The standard InChI is InChI=1S/C22H29N5O/c23-13-16-8-10-18(11-9-16)26-22(28)20-12-21(25-15-24-20)27(14-17-6-7-17)19-4-2-1-3-5-19/h8-12,15,17,19H,1-7,13-14,23H2,(H,26,28). The molecule has 0 radical (unpaired) electrons. The predicted octanol–water partition coefficient (Wildman–Crippen LogP) is 3.74. The van der Waals surface area contributed by atoms with Crippen LogP contribution in [-0.2, 0) is 6.54 Å². The Bertz CT molecular complexity index is 797. The number of hydrogen-bond donors (Lipinski definition) is 2. The van der Waals surface area contributed by atoms with E-state index in [4.69, 9.17) is 5.73 Å². The van der Waals surface area contributed by atoms with Gasteiger partial charge >= 0.3 is 0 Å².